The van der Waals surface area contributed by atoms with E-state index in [1.54, 1.807) is 19.2 Å². The predicted octanol–water partition coefficient (Wildman–Crippen LogP) is 6.02. The van der Waals surface area contributed by atoms with Gasteiger partial charge in [0, 0.05) is 37.6 Å². The molecule has 1 fully saturated rings. The molecule has 3 nitrogen and oxygen atoms in total. The fourth-order valence-corrected chi connectivity index (χ4v) is 4.55. The first-order valence-electron chi connectivity index (χ1n) is 11.0. The van der Waals surface area contributed by atoms with Crippen LogP contribution in [0.15, 0.2) is 66.9 Å². The molecule has 0 saturated heterocycles. The first-order chi connectivity index (χ1) is 14.7. The largest absolute Gasteiger partial charge is 0.497 e. The molecule has 2 aromatic carbocycles. The maximum absolute atomic E-state index is 13.6. The van der Waals surface area contributed by atoms with Crippen LogP contribution in [0, 0.1) is 5.82 Å². The fraction of sp³-hybridized carbons (Fsp3) is 0.385. The van der Waals surface area contributed by atoms with Gasteiger partial charge < -0.3 is 9.30 Å². The summed E-state index contributed by atoms with van der Waals surface area (Å²) in [7, 11) is 1.72. The third-order valence-electron chi connectivity index (χ3n) is 6.14. The van der Waals surface area contributed by atoms with Crippen LogP contribution in [-0.4, -0.2) is 22.6 Å². The second-order valence-corrected chi connectivity index (χ2v) is 8.31. The molecule has 1 heterocycles. The van der Waals surface area contributed by atoms with Crippen molar-refractivity contribution in [2.75, 3.05) is 7.11 Å². The Bertz CT molecular complexity index is 945. The highest BCUT2D eigenvalue weighted by atomic mass is 19.1. The Morgan fingerprint density at radius 2 is 1.73 bits per heavy atom. The third-order valence-corrected chi connectivity index (χ3v) is 6.14. The predicted molar refractivity (Wildman–Crippen MR) is 119 cm³/mol. The Morgan fingerprint density at radius 3 is 2.53 bits per heavy atom. The zero-order chi connectivity index (χ0) is 20.8. The highest BCUT2D eigenvalue weighted by molar-refractivity contribution is 5.28. The summed E-state index contributed by atoms with van der Waals surface area (Å²) in [6.07, 6.45) is 8.58. The van der Waals surface area contributed by atoms with Crippen LogP contribution in [-0.2, 0) is 19.6 Å². The molecule has 158 valence electrons. The van der Waals surface area contributed by atoms with E-state index < -0.39 is 0 Å². The SMILES string of the molecule is COc1cccc(CN(Cc2cccn2Cc2cccc(F)c2)C2CCCCC2)c1. The summed E-state index contributed by atoms with van der Waals surface area (Å²) >= 11 is 0. The lowest BCUT2D eigenvalue weighted by Gasteiger charge is -2.34. The zero-order valence-corrected chi connectivity index (χ0v) is 17.8. The Labute approximate surface area is 179 Å². The van der Waals surface area contributed by atoms with Crippen molar-refractivity contribution in [3.63, 3.8) is 0 Å². The van der Waals surface area contributed by atoms with Crippen molar-refractivity contribution in [2.24, 2.45) is 0 Å². The van der Waals surface area contributed by atoms with Gasteiger partial charge in [0.25, 0.3) is 0 Å². The molecule has 3 aromatic rings. The molecule has 4 rings (SSSR count). The average Bonchev–Trinajstić information content (AvgIpc) is 3.20. The van der Waals surface area contributed by atoms with Gasteiger partial charge in [-0.15, -0.1) is 0 Å². The molecule has 0 aliphatic heterocycles. The Kier molecular flexibility index (Phi) is 6.85. The number of rotatable bonds is 8. The van der Waals surface area contributed by atoms with Gasteiger partial charge >= 0.3 is 0 Å². The van der Waals surface area contributed by atoms with E-state index in [9.17, 15) is 4.39 Å². The lowest BCUT2D eigenvalue weighted by Crippen LogP contribution is -2.36. The molecular formula is C26H31FN2O. The summed E-state index contributed by atoms with van der Waals surface area (Å²) in [4.78, 5) is 2.62. The topological polar surface area (TPSA) is 17.4 Å². The number of hydrogen-bond donors (Lipinski definition) is 0. The van der Waals surface area contributed by atoms with Crippen LogP contribution < -0.4 is 4.74 Å². The van der Waals surface area contributed by atoms with Gasteiger partial charge in [-0.05, 0) is 60.4 Å². The summed E-state index contributed by atoms with van der Waals surface area (Å²) in [5, 5.41) is 0. The Hall–Kier alpha value is -2.59. The molecule has 4 heteroatoms. The normalized spacial score (nSPS) is 14.9. The Morgan fingerprint density at radius 1 is 0.933 bits per heavy atom. The number of benzene rings is 2. The van der Waals surface area contributed by atoms with Gasteiger partial charge in [0.05, 0.1) is 7.11 Å². The van der Waals surface area contributed by atoms with Crippen LogP contribution in [0.5, 0.6) is 5.75 Å². The molecule has 1 aromatic heterocycles. The second kappa shape index (κ2) is 9.94. The monoisotopic (exact) mass is 406 g/mol. The van der Waals surface area contributed by atoms with Crippen LogP contribution in [0.25, 0.3) is 0 Å². The minimum absolute atomic E-state index is 0.178. The molecule has 0 bridgehead atoms. The fourth-order valence-electron chi connectivity index (χ4n) is 4.55. The van der Waals surface area contributed by atoms with E-state index in [1.165, 1.54) is 49.4 Å². The molecule has 0 atom stereocenters. The summed E-state index contributed by atoms with van der Waals surface area (Å²) in [6.45, 7) is 2.50. The minimum atomic E-state index is -0.178. The van der Waals surface area contributed by atoms with Crippen molar-refractivity contribution in [1.82, 2.24) is 9.47 Å². The van der Waals surface area contributed by atoms with Gasteiger partial charge in [-0.3, -0.25) is 4.90 Å². The van der Waals surface area contributed by atoms with E-state index in [2.05, 4.69) is 46.0 Å². The smallest absolute Gasteiger partial charge is 0.123 e. The maximum Gasteiger partial charge on any atom is 0.123 e. The molecule has 0 radical (unpaired) electrons. The van der Waals surface area contributed by atoms with Crippen LogP contribution in [0.4, 0.5) is 4.39 Å². The average molecular weight is 407 g/mol. The van der Waals surface area contributed by atoms with Crippen molar-refractivity contribution in [2.45, 2.75) is 57.8 Å². The molecule has 30 heavy (non-hydrogen) atoms. The number of halogens is 1. The van der Waals surface area contributed by atoms with E-state index in [0.29, 0.717) is 12.6 Å². The second-order valence-electron chi connectivity index (χ2n) is 8.31. The molecule has 0 amide bonds. The molecule has 0 unspecified atom stereocenters. The quantitative estimate of drug-likeness (QED) is 0.455. The first kappa shape index (κ1) is 20.7. The van der Waals surface area contributed by atoms with Crippen LogP contribution in [0.1, 0.15) is 48.9 Å². The molecule has 0 spiro atoms. The summed E-state index contributed by atoms with van der Waals surface area (Å²) in [5.74, 6) is 0.730. The number of hydrogen-bond acceptors (Lipinski definition) is 2. The number of methoxy groups -OCH3 is 1. The van der Waals surface area contributed by atoms with Gasteiger partial charge in [-0.25, -0.2) is 4.39 Å². The van der Waals surface area contributed by atoms with Gasteiger partial charge in [0.15, 0.2) is 0 Å². The highest BCUT2D eigenvalue weighted by Gasteiger charge is 2.22. The van der Waals surface area contributed by atoms with E-state index in [0.717, 1.165) is 24.4 Å². The van der Waals surface area contributed by atoms with Crippen molar-refractivity contribution >= 4 is 0 Å². The first-order valence-corrected chi connectivity index (χ1v) is 11.0. The summed E-state index contributed by atoms with van der Waals surface area (Å²) < 4.78 is 21.3. The maximum atomic E-state index is 13.6. The standard InChI is InChI=1S/C26H31FN2O/c1-30-26-14-6-9-22(17-26)19-29(24-11-3-2-4-12-24)20-25-13-7-15-28(25)18-21-8-5-10-23(27)16-21/h5-10,13-17,24H,2-4,11-12,18-20H2,1H3. The van der Waals surface area contributed by atoms with Crippen LogP contribution in [0.3, 0.4) is 0 Å². The third kappa shape index (κ3) is 5.31. The minimum Gasteiger partial charge on any atom is -0.497 e. The number of ether oxygens (including phenoxy) is 1. The number of aromatic nitrogens is 1. The van der Waals surface area contributed by atoms with Gasteiger partial charge in [-0.2, -0.15) is 0 Å². The van der Waals surface area contributed by atoms with E-state index in [1.807, 2.05) is 12.1 Å². The van der Waals surface area contributed by atoms with Crippen molar-refractivity contribution < 1.29 is 9.13 Å². The molecular weight excluding hydrogens is 375 g/mol. The Balaban J connectivity index is 1.53. The molecule has 0 N–H and O–H groups in total. The summed E-state index contributed by atoms with van der Waals surface area (Å²) in [6, 6.07) is 20.2. The lowest BCUT2D eigenvalue weighted by molar-refractivity contribution is 0.136. The van der Waals surface area contributed by atoms with E-state index in [4.69, 9.17) is 4.74 Å². The van der Waals surface area contributed by atoms with Crippen molar-refractivity contribution in [3.8, 4) is 5.75 Å². The highest BCUT2D eigenvalue weighted by Crippen LogP contribution is 2.27. The van der Waals surface area contributed by atoms with E-state index >= 15 is 0 Å². The molecule has 1 saturated carbocycles. The van der Waals surface area contributed by atoms with Crippen LogP contribution >= 0.6 is 0 Å². The summed E-state index contributed by atoms with van der Waals surface area (Å²) in [5.41, 5.74) is 3.54. The zero-order valence-electron chi connectivity index (χ0n) is 17.8. The van der Waals surface area contributed by atoms with Crippen molar-refractivity contribution in [1.29, 1.82) is 0 Å². The van der Waals surface area contributed by atoms with Gasteiger partial charge in [0.2, 0.25) is 0 Å². The molecule has 1 aliphatic carbocycles. The molecule has 1 aliphatic rings. The lowest BCUT2D eigenvalue weighted by atomic mass is 9.93. The van der Waals surface area contributed by atoms with E-state index in [-0.39, 0.29) is 5.82 Å². The van der Waals surface area contributed by atoms with Crippen molar-refractivity contribution in [3.05, 3.63) is 89.5 Å². The van der Waals surface area contributed by atoms with Crippen LogP contribution in [0.2, 0.25) is 0 Å². The number of nitrogens with zero attached hydrogens (tertiary/aromatic N) is 2. The van der Waals surface area contributed by atoms with Gasteiger partial charge in [-0.1, -0.05) is 43.5 Å². The van der Waals surface area contributed by atoms with Gasteiger partial charge in [0.1, 0.15) is 11.6 Å².